The summed E-state index contributed by atoms with van der Waals surface area (Å²) in [7, 11) is -1.80. The average Bonchev–Trinajstić information content (AvgIpc) is 3.10. The van der Waals surface area contributed by atoms with E-state index in [9.17, 15) is 8.42 Å². The monoisotopic (exact) mass is 295 g/mol. The van der Waals surface area contributed by atoms with E-state index in [2.05, 4.69) is 15.2 Å². The van der Waals surface area contributed by atoms with Crippen molar-refractivity contribution < 1.29 is 8.42 Å². The largest absolute Gasteiger partial charge is 0.339 e. The van der Waals surface area contributed by atoms with E-state index in [1.54, 1.807) is 17.8 Å². The Morgan fingerprint density at radius 1 is 1.40 bits per heavy atom. The molecule has 8 heteroatoms. The lowest BCUT2D eigenvalue weighted by molar-refractivity contribution is 0.251. The van der Waals surface area contributed by atoms with Gasteiger partial charge in [-0.05, 0) is 18.9 Å². The lowest BCUT2D eigenvalue weighted by atomic mass is 10.0. The van der Waals surface area contributed by atoms with E-state index < -0.39 is 10.0 Å². The van der Waals surface area contributed by atoms with Crippen molar-refractivity contribution in [3.05, 3.63) is 30.5 Å². The summed E-state index contributed by atoms with van der Waals surface area (Å²) in [6.07, 6.45) is 7.37. The Hall–Kier alpha value is -1.67. The van der Waals surface area contributed by atoms with Gasteiger partial charge in [-0.1, -0.05) is 6.42 Å². The summed E-state index contributed by atoms with van der Waals surface area (Å²) in [6.45, 7) is 0.516. The topological polar surface area (TPSA) is 83.9 Å². The number of aromatic nitrogens is 4. The van der Waals surface area contributed by atoms with Crippen LogP contribution in [0.4, 0.5) is 0 Å². The third kappa shape index (κ3) is 2.25. The Morgan fingerprint density at radius 3 is 2.90 bits per heavy atom. The van der Waals surface area contributed by atoms with Crippen LogP contribution >= 0.6 is 0 Å². The van der Waals surface area contributed by atoms with Gasteiger partial charge in [0, 0.05) is 26.0 Å². The summed E-state index contributed by atoms with van der Waals surface area (Å²) in [6, 6.07) is 1.65. The van der Waals surface area contributed by atoms with Crippen LogP contribution in [0, 0.1) is 0 Å². The maximum Gasteiger partial charge on any atom is 0.262 e. The molecule has 0 unspecified atom stereocenters. The lowest BCUT2D eigenvalue weighted by Crippen LogP contribution is -2.38. The Balaban J connectivity index is 1.97. The number of hydrogen-bond acceptors (Lipinski definition) is 4. The summed E-state index contributed by atoms with van der Waals surface area (Å²) < 4.78 is 28.6. The van der Waals surface area contributed by atoms with Crippen molar-refractivity contribution >= 4 is 10.0 Å². The molecule has 7 nitrogen and oxygen atoms in total. The van der Waals surface area contributed by atoms with Crippen LogP contribution < -0.4 is 0 Å². The number of sulfonamides is 1. The molecule has 108 valence electrons. The SMILES string of the molecule is Cn1cnc(S(=O)(=O)N2CCCC[C@H]2c2ccn[nH]2)c1. The normalized spacial score (nSPS) is 21.1. The molecule has 1 aliphatic heterocycles. The molecule has 0 amide bonds. The fraction of sp³-hybridized carbons (Fsp3) is 0.500. The number of piperidine rings is 1. The van der Waals surface area contributed by atoms with Gasteiger partial charge >= 0.3 is 0 Å². The molecule has 0 spiro atoms. The van der Waals surface area contributed by atoms with E-state index >= 15 is 0 Å². The molecule has 20 heavy (non-hydrogen) atoms. The van der Waals surface area contributed by atoms with Crippen LogP contribution in [-0.2, 0) is 17.1 Å². The molecule has 3 heterocycles. The molecule has 0 aromatic carbocycles. The first-order valence-corrected chi connectivity index (χ1v) is 8.02. The maximum absolute atomic E-state index is 12.7. The number of H-pyrrole nitrogens is 1. The number of rotatable bonds is 3. The molecular formula is C12H17N5O2S. The Bertz CT molecular complexity index is 677. The summed E-state index contributed by atoms with van der Waals surface area (Å²) in [5.74, 6) is 0. The van der Waals surface area contributed by atoms with Crippen LogP contribution in [0.1, 0.15) is 31.0 Å². The van der Waals surface area contributed by atoms with Crippen LogP contribution in [0.5, 0.6) is 0 Å². The van der Waals surface area contributed by atoms with Crippen LogP contribution in [0.3, 0.4) is 0 Å². The van der Waals surface area contributed by atoms with Gasteiger partial charge in [0.1, 0.15) is 0 Å². The fourth-order valence-electron chi connectivity index (χ4n) is 2.60. The van der Waals surface area contributed by atoms with Crippen molar-refractivity contribution in [1.82, 2.24) is 24.1 Å². The van der Waals surface area contributed by atoms with E-state index in [1.807, 2.05) is 6.07 Å². The molecule has 0 saturated carbocycles. The third-order valence-corrected chi connectivity index (χ3v) is 5.38. The Labute approximate surface area is 117 Å². The number of nitrogens with one attached hydrogen (secondary N) is 1. The van der Waals surface area contributed by atoms with E-state index in [1.165, 1.54) is 16.8 Å². The summed E-state index contributed by atoms with van der Waals surface area (Å²) in [5, 5.41) is 6.91. The zero-order chi connectivity index (χ0) is 14.2. The van der Waals surface area contributed by atoms with Gasteiger partial charge in [-0.15, -0.1) is 0 Å². The second-order valence-corrected chi connectivity index (χ2v) is 6.85. The van der Waals surface area contributed by atoms with Gasteiger partial charge in [0.25, 0.3) is 10.0 Å². The highest BCUT2D eigenvalue weighted by molar-refractivity contribution is 7.89. The number of nitrogens with zero attached hydrogens (tertiary/aromatic N) is 4. The van der Waals surface area contributed by atoms with Crippen molar-refractivity contribution in [3.8, 4) is 0 Å². The van der Waals surface area contributed by atoms with Crippen molar-refractivity contribution in [3.63, 3.8) is 0 Å². The second kappa shape index (κ2) is 5.02. The zero-order valence-corrected chi connectivity index (χ0v) is 12.0. The third-order valence-electron chi connectivity index (χ3n) is 3.59. The second-order valence-electron chi connectivity index (χ2n) is 5.02. The van der Waals surface area contributed by atoms with Gasteiger partial charge in [0.15, 0.2) is 5.03 Å². The number of imidazole rings is 1. The average molecular weight is 295 g/mol. The van der Waals surface area contributed by atoms with Crippen molar-refractivity contribution in [2.24, 2.45) is 7.05 Å². The van der Waals surface area contributed by atoms with E-state index in [0.29, 0.717) is 6.54 Å². The summed E-state index contributed by atoms with van der Waals surface area (Å²) >= 11 is 0. The molecule has 1 atom stereocenters. The van der Waals surface area contributed by atoms with Gasteiger partial charge in [-0.25, -0.2) is 13.4 Å². The van der Waals surface area contributed by atoms with Gasteiger partial charge in [-0.2, -0.15) is 9.40 Å². The first kappa shape index (κ1) is 13.3. The standard InChI is InChI=1S/C12H17N5O2S/c1-16-8-12(13-9-16)20(18,19)17-7-3-2-4-11(17)10-5-6-14-15-10/h5-6,8-9,11H,2-4,7H2,1H3,(H,14,15)/t11-/m0/s1. The fourth-order valence-corrected chi connectivity index (χ4v) is 4.24. The molecule has 0 radical (unpaired) electrons. The van der Waals surface area contributed by atoms with Crippen molar-refractivity contribution in [2.75, 3.05) is 6.54 Å². The first-order chi connectivity index (χ1) is 9.59. The molecule has 2 aromatic heterocycles. The van der Waals surface area contributed by atoms with Crippen molar-refractivity contribution in [1.29, 1.82) is 0 Å². The lowest BCUT2D eigenvalue weighted by Gasteiger charge is -2.33. The minimum absolute atomic E-state index is 0.103. The quantitative estimate of drug-likeness (QED) is 0.917. The number of aryl methyl sites for hydroxylation is 1. The van der Waals surface area contributed by atoms with Gasteiger partial charge in [0.05, 0.1) is 18.1 Å². The predicted molar refractivity (Wildman–Crippen MR) is 72.3 cm³/mol. The van der Waals surface area contributed by atoms with E-state index in [0.717, 1.165) is 25.0 Å². The van der Waals surface area contributed by atoms with Crippen molar-refractivity contribution in [2.45, 2.75) is 30.3 Å². The van der Waals surface area contributed by atoms with E-state index in [-0.39, 0.29) is 11.1 Å². The molecule has 0 aliphatic carbocycles. The number of aromatic amines is 1. The molecular weight excluding hydrogens is 278 g/mol. The van der Waals surface area contributed by atoms with Crippen LogP contribution in [0.15, 0.2) is 29.8 Å². The zero-order valence-electron chi connectivity index (χ0n) is 11.2. The molecule has 1 N–H and O–H groups in total. The first-order valence-electron chi connectivity index (χ1n) is 6.58. The van der Waals surface area contributed by atoms with Gasteiger partial charge < -0.3 is 4.57 Å². The van der Waals surface area contributed by atoms with E-state index in [4.69, 9.17) is 0 Å². The molecule has 2 aromatic rings. The molecule has 1 aliphatic rings. The van der Waals surface area contributed by atoms with Crippen LogP contribution in [-0.4, -0.2) is 39.0 Å². The number of hydrogen-bond donors (Lipinski definition) is 1. The van der Waals surface area contributed by atoms with Crippen LogP contribution in [0.2, 0.25) is 0 Å². The Morgan fingerprint density at radius 2 is 2.25 bits per heavy atom. The molecule has 3 rings (SSSR count). The highest BCUT2D eigenvalue weighted by Gasteiger charge is 2.36. The maximum atomic E-state index is 12.7. The predicted octanol–water partition coefficient (Wildman–Crippen LogP) is 1.06. The smallest absolute Gasteiger partial charge is 0.262 e. The van der Waals surface area contributed by atoms with Gasteiger partial charge in [0.2, 0.25) is 0 Å². The summed E-state index contributed by atoms with van der Waals surface area (Å²) in [4.78, 5) is 3.99. The minimum atomic E-state index is -3.56. The molecule has 1 saturated heterocycles. The highest BCUT2D eigenvalue weighted by Crippen LogP contribution is 2.33. The van der Waals surface area contributed by atoms with Crippen LogP contribution in [0.25, 0.3) is 0 Å². The van der Waals surface area contributed by atoms with Gasteiger partial charge in [-0.3, -0.25) is 5.10 Å². The summed E-state index contributed by atoms with van der Waals surface area (Å²) in [5.41, 5.74) is 0.837. The molecule has 1 fully saturated rings. The highest BCUT2D eigenvalue weighted by atomic mass is 32.2. The Kier molecular flexibility index (Phi) is 3.35. The molecule has 0 bridgehead atoms. The minimum Gasteiger partial charge on any atom is -0.339 e.